The number of carboxylic acids is 1. The van der Waals surface area contributed by atoms with Crippen molar-refractivity contribution in [2.24, 2.45) is 5.41 Å². The van der Waals surface area contributed by atoms with Crippen LogP contribution in [0.1, 0.15) is 42.5 Å². The molecule has 0 aromatic heterocycles. The number of nitrogen functional groups attached to an aromatic ring is 1. The van der Waals surface area contributed by atoms with Gasteiger partial charge in [-0.05, 0) is 31.0 Å². The minimum atomic E-state index is -0.921. The van der Waals surface area contributed by atoms with Crippen molar-refractivity contribution < 1.29 is 19.1 Å². The predicted octanol–water partition coefficient (Wildman–Crippen LogP) is 2.17. The Morgan fingerprint density at radius 2 is 1.95 bits per heavy atom. The molecule has 0 aliphatic heterocycles. The number of anilines is 1. The van der Waals surface area contributed by atoms with Crippen LogP contribution < -0.4 is 11.1 Å². The van der Waals surface area contributed by atoms with Crippen LogP contribution in [-0.4, -0.2) is 23.5 Å². The van der Waals surface area contributed by atoms with Gasteiger partial charge in [0.2, 0.25) is 0 Å². The maximum Gasteiger partial charge on any atom is 0.311 e. The molecule has 21 heavy (non-hydrogen) atoms. The molecule has 1 amide bonds. The van der Waals surface area contributed by atoms with Gasteiger partial charge in [-0.3, -0.25) is 9.59 Å². The summed E-state index contributed by atoms with van der Waals surface area (Å²) in [6.45, 7) is 0.0388. The highest BCUT2D eigenvalue weighted by Gasteiger charge is 2.39. The van der Waals surface area contributed by atoms with Crippen molar-refractivity contribution in [3.63, 3.8) is 0 Å². The Morgan fingerprint density at radius 1 is 1.29 bits per heavy atom. The summed E-state index contributed by atoms with van der Waals surface area (Å²) in [4.78, 5) is 23.6. The molecule has 1 fully saturated rings. The maximum absolute atomic E-state index is 13.2. The smallest absolute Gasteiger partial charge is 0.311 e. The Labute approximate surface area is 122 Å². The fraction of sp³-hybridized carbons (Fsp3) is 0.467. The van der Waals surface area contributed by atoms with E-state index in [2.05, 4.69) is 5.32 Å². The molecule has 1 aromatic rings. The van der Waals surface area contributed by atoms with Gasteiger partial charge >= 0.3 is 5.97 Å². The molecule has 6 heteroatoms. The summed E-state index contributed by atoms with van der Waals surface area (Å²) in [6, 6.07) is 3.54. The number of hydrogen-bond acceptors (Lipinski definition) is 3. The average Bonchev–Trinajstić information content (AvgIpc) is 2.48. The summed E-state index contributed by atoms with van der Waals surface area (Å²) in [7, 11) is 0. The Kier molecular flexibility index (Phi) is 4.45. The van der Waals surface area contributed by atoms with Crippen molar-refractivity contribution in [3.05, 3.63) is 29.6 Å². The van der Waals surface area contributed by atoms with Gasteiger partial charge in [0, 0.05) is 12.2 Å². The molecule has 114 valence electrons. The van der Waals surface area contributed by atoms with Gasteiger partial charge in [-0.25, -0.2) is 4.39 Å². The van der Waals surface area contributed by atoms with E-state index in [1.807, 2.05) is 0 Å². The first-order valence-corrected chi connectivity index (χ1v) is 7.01. The molecule has 0 bridgehead atoms. The largest absolute Gasteiger partial charge is 0.481 e. The van der Waals surface area contributed by atoms with Crippen LogP contribution in [-0.2, 0) is 4.79 Å². The molecule has 5 nitrogen and oxygen atoms in total. The molecule has 4 N–H and O–H groups in total. The number of nitrogens with one attached hydrogen (secondary N) is 1. The first kappa shape index (κ1) is 15.3. The fourth-order valence-corrected chi connectivity index (χ4v) is 2.76. The van der Waals surface area contributed by atoms with Gasteiger partial charge in [0.1, 0.15) is 5.82 Å². The highest BCUT2D eigenvalue weighted by Crippen LogP contribution is 2.36. The lowest BCUT2D eigenvalue weighted by atomic mass is 9.74. The molecule has 1 saturated carbocycles. The highest BCUT2D eigenvalue weighted by atomic mass is 19.1. The van der Waals surface area contributed by atoms with E-state index in [0.29, 0.717) is 12.8 Å². The lowest BCUT2D eigenvalue weighted by Gasteiger charge is -2.33. The van der Waals surface area contributed by atoms with E-state index in [1.54, 1.807) is 0 Å². The van der Waals surface area contributed by atoms with Crippen LogP contribution in [0.4, 0.5) is 10.1 Å². The van der Waals surface area contributed by atoms with E-state index >= 15 is 0 Å². The third-order valence-electron chi connectivity index (χ3n) is 4.11. The number of carbonyl (C=O) groups is 2. The zero-order valence-corrected chi connectivity index (χ0v) is 11.7. The molecule has 1 aliphatic rings. The van der Waals surface area contributed by atoms with Gasteiger partial charge in [0.25, 0.3) is 5.91 Å². The molecular formula is C15H19FN2O3. The van der Waals surface area contributed by atoms with Gasteiger partial charge in [-0.15, -0.1) is 0 Å². The van der Waals surface area contributed by atoms with Crippen LogP contribution in [0.5, 0.6) is 0 Å². The van der Waals surface area contributed by atoms with Crippen LogP contribution in [0, 0.1) is 11.2 Å². The minimum Gasteiger partial charge on any atom is -0.481 e. The normalized spacial score (nSPS) is 17.2. The zero-order chi connectivity index (χ0) is 15.5. The molecule has 0 unspecified atom stereocenters. The molecule has 0 atom stereocenters. The molecule has 0 heterocycles. The zero-order valence-electron chi connectivity index (χ0n) is 11.7. The summed E-state index contributed by atoms with van der Waals surface area (Å²) < 4.78 is 13.2. The van der Waals surface area contributed by atoms with Gasteiger partial charge in [0.05, 0.1) is 11.0 Å². The monoisotopic (exact) mass is 294 g/mol. The topological polar surface area (TPSA) is 92.4 Å². The second kappa shape index (κ2) is 6.11. The third-order valence-corrected chi connectivity index (χ3v) is 4.11. The molecule has 2 rings (SSSR count). The number of benzene rings is 1. The van der Waals surface area contributed by atoms with Crippen molar-refractivity contribution >= 4 is 17.6 Å². The lowest BCUT2D eigenvalue weighted by Crippen LogP contribution is -2.44. The van der Waals surface area contributed by atoms with Crippen molar-refractivity contribution in [2.45, 2.75) is 32.1 Å². The number of rotatable bonds is 4. The Hall–Kier alpha value is -2.11. The van der Waals surface area contributed by atoms with E-state index < -0.39 is 23.1 Å². The van der Waals surface area contributed by atoms with E-state index in [9.17, 15) is 19.1 Å². The number of hydrogen-bond donors (Lipinski definition) is 3. The molecule has 0 radical (unpaired) electrons. The number of carboxylic acid groups (broad SMARTS) is 1. The lowest BCUT2D eigenvalue weighted by molar-refractivity contribution is -0.150. The first-order valence-electron chi connectivity index (χ1n) is 7.01. The summed E-state index contributed by atoms with van der Waals surface area (Å²) in [5.74, 6) is -1.99. The van der Waals surface area contributed by atoms with Crippen molar-refractivity contribution in [2.75, 3.05) is 12.3 Å². The van der Waals surface area contributed by atoms with Crippen molar-refractivity contribution in [3.8, 4) is 0 Å². The highest BCUT2D eigenvalue weighted by molar-refractivity contribution is 5.99. The summed E-state index contributed by atoms with van der Waals surface area (Å²) in [5, 5.41) is 12.0. The van der Waals surface area contributed by atoms with Gasteiger partial charge in [-0.2, -0.15) is 0 Å². The minimum absolute atomic E-state index is 0.0337. The third kappa shape index (κ3) is 3.32. The van der Waals surface area contributed by atoms with E-state index in [1.165, 1.54) is 12.1 Å². The summed E-state index contributed by atoms with van der Waals surface area (Å²) in [6.07, 6.45) is 3.77. The van der Waals surface area contributed by atoms with E-state index in [4.69, 9.17) is 5.73 Å². The Morgan fingerprint density at radius 3 is 2.57 bits per heavy atom. The van der Waals surface area contributed by atoms with Crippen molar-refractivity contribution in [1.29, 1.82) is 0 Å². The molecule has 0 spiro atoms. The average molecular weight is 294 g/mol. The maximum atomic E-state index is 13.2. The van der Waals surface area contributed by atoms with E-state index in [0.717, 1.165) is 25.3 Å². The summed E-state index contributed by atoms with van der Waals surface area (Å²) in [5.41, 5.74) is 4.93. The van der Waals surface area contributed by atoms with Gasteiger partial charge < -0.3 is 16.2 Å². The van der Waals surface area contributed by atoms with Crippen LogP contribution in [0.25, 0.3) is 0 Å². The van der Waals surface area contributed by atoms with Gasteiger partial charge in [0.15, 0.2) is 0 Å². The van der Waals surface area contributed by atoms with Crippen LogP contribution in [0.3, 0.4) is 0 Å². The standard InChI is InChI=1S/C15H19FN2O3/c16-10-4-5-12(17)11(8-10)13(19)18-9-15(14(20)21)6-2-1-3-7-15/h4-5,8H,1-3,6-7,9,17H2,(H,18,19)(H,20,21). The number of amides is 1. The second-order valence-corrected chi connectivity index (χ2v) is 5.56. The second-order valence-electron chi connectivity index (χ2n) is 5.56. The van der Waals surface area contributed by atoms with Crippen molar-refractivity contribution in [1.82, 2.24) is 5.32 Å². The first-order chi connectivity index (χ1) is 9.94. The number of halogens is 1. The number of carbonyl (C=O) groups excluding carboxylic acids is 1. The molecule has 0 saturated heterocycles. The molecule has 1 aromatic carbocycles. The van der Waals surface area contributed by atoms with Gasteiger partial charge in [-0.1, -0.05) is 19.3 Å². The van der Waals surface area contributed by atoms with Crippen LogP contribution in [0.15, 0.2) is 18.2 Å². The SMILES string of the molecule is Nc1ccc(F)cc1C(=O)NCC1(C(=O)O)CCCCC1. The predicted molar refractivity (Wildman–Crippen MR) is 76.3 cm³/mol. The Balaban J connectivity index is 2.08. The number of nitrogens with two attached hydrogens (primary N) is 1. The van der Waals surface area contributed by atoms with Crippen LogP contribution in [0.2, 0.25) is 0 Å². The molecule has 1 aliphatic carbocycles. The summed E-state index contributed by atoms with van der Waals surface area (Å²) >= 11 is 0. The molecular weight excluding hydrogens is 275 g/mol. The quantitative estimate of drug-likeness (QED) is 0.742. The number of aliphatic carboxylic acids is 1. The Bertz CT molecular complexity index is 554. The fourth-order valence-electron chi connectivity index (χ4n) is 2.76. The van der Waals surface area contributed by atoms with E-state index in [-0.39, 0.29) is 17.8 Å². The van der Waals surface area contributed by atoms with Crippen LogP contribution >= 0.6 is 0 Å².